The van der Waals surface area contributed by atoms with Gasteiger partial charge in [0.05, 0.1) is 0 Å². The van der Waals surface area contributed by atoms with E-state index < -0.39 is 6.10 Å². The van der Waals surface area contributed by atoms with Gasteiger partial charge in [-0.3, -0.25) is 0 Å². The van der Waals surface area contributed by atoms with Crippen LogP contribution >= 0.6 is 0 Å². The Morgan fingerprint density at radius 3 is 2.27 bits per heavy atom. The zero-order valence-electron chi connectivity index (χ0n) is 7.51. The van der Waals surface area contributed by atoms with E-state index in [1.807, 2.05) is 0 Å². The largest absolute Gasteiger partial charge is 0.380 e. The van der Waals surface area contributed by atoms with Gasteiger partial charge in [-0.05, 0) is 18.8 Å². The van der Waals surface area contributed by atoms with Crippen LogP contribution in [0.25, 0.3) is 0 Å². The molecule has 0 rings (SSSR count). The number of aliphatic hydroxyl groups excluding tert-OH is 1. The van der Waals surface area contributed by atoms with Crippen LogP contribution in [0.3, 0.4) is 0 Å². The minimum absolute atomic E-state index is 0.526. The molecule has 1 atom stereocenters. The van der Waals surface area contributed by atoms with Gasteiger partial charge in [-0.25, -0.2) is 0 Å². The second kappa shape index (κ2) is 6.24. The summed E-state index contributed by atoms with van der Waals surface area (Å²) in [6.07, 6.45) is 8.70. The van der Waals surface area contributed by atoms with Crippen molar-refractivity contribution in [2.75, 3.05) is 0 Å². The normalized spacial score (nSPS) is 13.0. The van der Waals surface area contributed by atoms with Crippen molar-refractivity contribution in [2.24, 2.45) is 5.92 Å². The van der Waals surface area contributed by atoms with Crippen LogP contribution in [0.15, 0.2) is 0 Å². The van der Waals surface area contributed by atoms with Crippen molar-refractivity contribution >= 4 is 0 Å². The highest BCUT2D eigenvalue weighted by Gasteiger charge is 1.98. The van der Waals surface area contributed by atoms with Crippen molar-refractivity contribution in [1.29, 1.82) is 0 Å². The third-order valence-electron chi connectivity index (χ3n) is 1.70. The lowest BCUT2D eigenvalue weighted by molar-refractivity contribution is 0.216. The summed E-state index contributed by atoms with van der Waals surface area (Å²) < 4.78 is 0. The quantitative estimate of drug-likeness (QED) is 0.475. The Hall–Kier alpha value is -0.480. The van der Waals surface area contributed by atoms with Gasteiger partial charge < -0.3 is 5.11 Å². The summed E-state index contributed by atoms with van der Waals surface area (Å²) in [5.41, 5.74) is 0. The Bertz CT molecular complexity index is 121. The number of hydrogen-bond donors (Lipinski definition) is 1. The molecular formula is C10H18O. The van der Waals surface area contributed by atoms with Crippen LogP contribution in [0.1, 0.15) is 39.5 Å². The Morgan fingerprint density at radius 1 is 1.27 bits per heavy atom. The molecule has 0 aromatic rings. The fourth-order valence-corrected chi connectivity index (χ4v) is 0.974. The van der Waals surface area contributed by atoms with E-state index in [9.17, 15) is 0 Å². The fraction of sp³-hybridized carbons (Fsp3) is 0.800. The third kappa shape index (κ3) is 7.42. The molecule has 0 fully saturated rings. The number of rotatable bonds is 5. The predicted octanol–water partition coefficient (Wildman–Crippen LogP) is 2.20. The van der Waals surface area contributed by atoms with Gasteiger partial charge in [0.1, 0.15) is 6.10 Å². The van der Waals surface area contributed by atoms with Crippen LogP contribution in [-0.2, 0) is 0 Å². The topological polar surface area (TPSA) is 20.2 Å². The molecule has 0 bridgehead atoms. The molecule has 0 saturated heterocycles. The monoisotopic (exact) mass is 154 g/mol. The molecular weight excluding hydrogens is 136 g/mol. The smallest absolute Gasteiger partial charge is 0.114 e. The Labute approximate surface area is 69.8 Å². The molecule has 0 heterocycles. The SMILES string of the molecule is C#CC(O)CCCCC(C)C. The highest BCUT2D eigenvalue weighted by Crippen LogP contribution is 2.09. The van der Waals surface area contributed by atoms with Crippen LogP contribution < -0.4 is 0 Å². The fourth-order valence-electron chi connectivity index (χ4n) is 0.974. The van der Waals surface area contributed by atoms with Gasteiger partial charge in [-0.15, -0.1) is 6.42 Å². The number of terminal acetylenes is 1. The zero-order chi connectivity index (χ0) is 8.69. The maximum Gasteiger partial charge on any atom is 0.114 e. The second-order valence-corrected chi connectivity index (χ2v) is 3.36. The van der Waals surface area contributed by atoms with E-state index >= 15 is 0 Å². The molecule has 1 nitrogen and oxygen atoms in total. The van der Waals surface area contributed by atoms with Crippen molar-refractivity contribution in [3.05, 3.63) is 0 Å². The van der Waals surface area contributed by atoms with E-state index in [4.69, 9.17) is 11.5 Å². The van der Waals surface area contributed by atoms with Gasteiger partial charge in [-0.2, -0.15) is 0 Å². The molecule has 0 aliphatic carbocycles. The summed E-state index contributed by atoms with van der Waals surface area (Å²) >= 11 is 0. The standard InChI is InChI=1S/C10H18O/c1-4-10(11)8-6-5-7-9(2)3/h1,9-11H,5-8H2,2-3H3. The molecule has 0 radical (unpaired) electrons. The number of hydrogen-bond acceptors (Lipinski definition) is 1. The Kier molecular flexibility index (Phi) is 5.97. The van der Waals surface area contributed by atoms with Gasteiger partial charge in [0, 0.05) is 0 Å². The van der Waals surface area contributed by atoms with Crippen LogP contribution in [-0.4, -0.2) is 11.2 Å². The van der Waals surface area contributed by atoms with Crippen LogP contribution in [0, 0.1) is 18.3 Å². The molecule has 0 aromatic heterocycles. The number of aliphatic hydroxyl groups is 1. The Morgan fingerprint density at radius 2 is 1.82 bits per heavy atom. The number of unbranched alkanes of at least 4 members (excludes halogenated alkanes) is 1. The molecule has 0 aromatic carbocycles. The first-order chi connectivity index (χ1) is 5.16. The predicted molar refractivity (Wildman–Crippen MR) is 48.1 cm³/mol. The first kappa shape index (κ1) is 10.5. The first-order valence-corrected chi connectivity index (χ1v) is 4.31. The van der Waals surface area contributed by atoms with Crippen LogP contribution in [0.4, 0.5) is 0 Å². The summed E-state index contributed by atoms with van der Waals surface area (Å²) in [6, 6.07) is 0. The summed E-state index contributed by atoms with van der Waals surface area (Å²) in [7, 11) is 0. The molecule has 1 heteroatoms. The first-order valence-electron chi connectivity index (χ1n) is 4.31. The molecule has 0 spiro atoms. The minimum atomic E-state index is -0.526. The molecule has 0 saturated carbocycles. The molecule has 1 unspecified atom stereocenters. The van der Waals surface area contributed by atoms with E-state index in [-0.39, 0.29) is 0 Å². The van der Waals surface area contributed by atoms with Crippen molar-refractivity contribution in [1.82, 2.24) is 0 Å². The molecule has 0 aliphatic heterocycles. The van der Waals surface area contributed by atoms with Crippen LogP contribution in [0.5, 0.6) is 0 Å². The van der Waals surface area contributed by atoms with Crippen LogP contribution in [0.2, 0.25) is 0 Å². The highest BCUT2D eigenvalue weighted by molar-refractivity contribution is 4.92. The van der Waals surface area contributed by atoms with Gasteiger partial charge in [-0.1, -0.05) is 32.6 Å². The molecule has 11 heavy (non-hydrogen) atoms. The summed E-state index contributed by atoms with van der Waals surface area (Å²) in [4.78, 5) is 0. The van der Waals surface area contributed by atoms with E-state index in [2.05, 4.69) is 19.8 Å². The van der Waals surface area contributed by atoms with Gasteiger partial charge in [0.15, 0.2) is 0 Å². The van der Waals surface area contributed by atoms with Gasteiger partial charge >= 0.3 is 0 Å². The summed E-state index contributed by atoms with van der Waals surface area (Å²) in [5.74, 6) is 3.07. The molecule has 64 valence electrons. The average Bonchev–Trinajstić information content (AvgIpc) is 1.97. The lowest BCUT2D eigenvalue weighted by atomic mass is 10.0. The van der Waals surface area contributed by atoms with Crippen molar-refractivity contribution in [3.63, 3.8) is 0 Å². The highest BCUT2D eigenvalue weighted by atomic mass is 16.3. The third-order valence-corrected chi connectivity index (χ3v) is 1.70. The van der Waals surface area contributed by atoms with E-state index in [0.717, 1.165) is 18.8 Å². The van der Waals surface area contributed by atoms with Crippen molar-refractivity contribution < 1.29 is 5.11 Å². The molecule has 0 aliphatic rings. The van der Waals surface area contributed by atoms with E-state index in [1.165, 1.54) is 12.8 Å². The van der Waals surface area contributed by atoms with E-state index in [1.54, 1.807) is 0 Å². The second-order valence-electron chi connectivity index (χ2n) is 3.36. The van der Waals surface area contributed by atoms with E-state index in [0.29, 0.717) is 0 Å². The average molecular weight is 154 g/mol. The molecule has 0 amide bonds. The summed E-state index contributed by atoms with van der Waals surface area (Å²) in [6.45, 7) is 4.41. The maximum atomic E-state index is 8.99. The lowest BCUT2D eigenvalue weighted by Crippen LogP contribution is -2.01. The van der Waals surface area contributed by atoms with Gasteiger partial charge in [0.25, 0.3) is 0 Å². The zero-order valence-corrected chi connectivity index (χ0v) is 7.51. The minimum Gasteiger partial charge on any atom is -0.380 e. The molecule has 1 N–H and O–H groups in total. The maximum absolute atomic E-state index is 8.99. The van der Waals surface area contributed by atoms with Crippen molar-refractivity contribution in [3.8, 4) is 12.3 Å². The summed E-state index contributed by atoms with van der Waals surface area (Å²) in [5, 5.41) is 8.99. The van der Waals surface area contributed by atoms with Crippen molar-refractivity contribution in [2.45, 2.75) is 45.6 Å². The van der Waals surface area contributed by atoms with Gasteiger partial charge in [0.2, 0.25) is 0 Å². The Balaban J connectivity index is 3.10. The lowest BCUT2D eigenvalue weighted by Gasteiger charge is -2.04.